The number of amides is 2. The highest BCUT2D eigenvalue weighted by molar-refractivity contribution is 8.15. The van der Waals surface area contributed by atoms with E-state index in [2.05, 4.69) is 16.9 Å². The number of nitrogens with zero attached hydrogens (tertiary/aromatic N) is 2. The molecule has 1 unspecified atom stereocenters. The molecule has 1 N–H and O–H groups in total. The number of aliphatic imine (C=N–C) groups is 1. The average Bonchev–Trinajstić information content (AvgIpc) is 3.02. The molecule has 0 radical (unpaired) electrons. The molecule has 1 fully saturated rings. The van der Waals surface area contributed by atoms with Crippen molar-refractivity contribution in [1.82, 2.24) is 4.90 Å². The van der Waals surface area contributed by atoms with Crippen LogP contribution in [-0.2, 0) is 9.59 Å². The maximum absolute atomic E-state index is 12.9. The summed E-state index contributed by atoms with van der Waals surface area (Å²) >= 11 is 1.29. The molecular formula is C23H25N3O4S. The van der Waals surface area contributed by atoms with Crippen LogP contribution in [0.15, 0.2) is 60.1 Å². The number of carbonyl (C=O) groups is 2. The summed E-state index contributed by atoms with van der Waals surface area (Å²) in [5, 5.41) is 2.81. The fourth-order valence-electron chi connectivity index (χ4n) is 3.11. The van der Waals surface area contributed by atoms with Crippen LogP contribution in [0.4, 0.5) is 11.4 Å². The first-order valence-corrected chi connectivity index (χ1v) is 10.6. The second-order valence-corrected chi connectivity index (χ2v) is 8.07. The molecule has 162 valence electrons. The zero-order valence-corrected chi connectivity index (χ0v) is 18.6. The molecule has 7 nitrogen and oxygen atoms in total. The molecule has 0 aliphatic carbocycles. The zero-order valence-electron chi connectivity index (χ0n) is 17.8. The van der Waals surface area contributed by atoms with Crippen LogP contribution >= 0.6 is 11.8 Å². The number of methoxy groups -OCH3 is 2. The van der Waals surface area contributed by atoms with E-state index in [1.807, 2.05) is 31.2 Å². The molecule has 1 atom stereocenters. The number of thioether (sulfide) groups is 1. The van der Waals surface area contributed by atoms with Gasteiger partial charge in [0.1, 0.15) is 16.7 Å². The number of nitrogens with one attached hydrogen (secondary N) is 1. The standard InChI is InChI=1S/C23H25N3O4S/c1-5-11-26-22(28)20(31-23(26)24-16-8-6-7-15(2)12-16)14-21(27)25-18-13-17(29-3)9-10-19(18)30-4/h5-10,12-13,20H,1,11,14H2,2-4H3,(H,25,27). The second kappa shape index (κ2) is 10.2. The number of anilines is 1. The molecule has 0 bridgehead atoms. The van der Waals surface area contributed by atoms with Crippen molar-refractivity contribution in [3.63, 3.8) is 0 Å². The topological polar surface area (TPSA) is 80.2 Å². The largest absolute Gasteiger partial charge is 0.497 e. The van der Waals surface area contributed by atoms with Crippen molar-refractivity contribution in [3.8, 4) is 11.5 Å². The number of hydrogen-bond acceptors (Lipinski definition) is 6. The Morgan fingerprint density at radius 3 is 2.74 bits per heavy atom. The number of benzene rings is 2. The van der Waals surface area contributed by atoms with E-state index in [0.29, 0.717) is 28.9 Å². The van der Waals surface area contributed by atoms with Crippen molar-refractivity contribution in [2.75, 3.05) is 26.1 Å². The summed E-state index contributed by atoms with van der Waals surface area (Å²) in [5.41, 5.74) is 2.32. The van der Waals surface area contributed by atoms with Gasteiger partial charge in [0.15, 0.2) is 5.17 Å². The van der Waals surface area contributed by atoms with E-state index in [-0.39, 0.29) is 18.2 Å². The minimum absolute atomic E-state index is 0.00431. The summed E-state index contributed by atoms with van der Waals surface area (Å²) in [7, 11) is 3.07. The van der Waals surface area contributed by atoms with Crippen molar-refractivity contribution in [2.45, 2.75) is 18.6 Å². The van der Waals surface area contributed by atoms with Gasteiger partial charge in [0.2, 0.25) is 11.8 Å². The van der Waals surface area contributed by atoms with Gasteiger partial charge in [0, 0.05) is 19.0 Å². The Labute approximate surface area is 186 Å². The van der Waals surface area contributed by atoms with E-state index in [0.717, 1.165) is 11.3 Å². The quantitative estimate of drug-likeness (QED) is 0.625. The van der Waals surface area contributed by atoms with Crippen molar-refractivity contribution in [2.24, 2.45) is 4.99 Å². The third-order valence-electron chi connectivity index (χ3n) is 4.61. The van der Waals surface area contributed by atoms with E-state index in [1.165, 1.54) is 18.9 Å². The van der Waals surface area contributed by atoms with Crippen LogP contribution in [-0.4, -0.2) is 47.9 Å². The zero-order chi connectivity index (χ0) is 22.4. The van der Waals surface area contributed by atoms with Gasteiger partial charge in [0.05, 0.1) is 25.6 Å². The molecule has 0 saturated carbocycles. The average molecular weight is 440 g/mol. The summed E-state index contributed by atoms with van der Waals surface area (Å²) in [6, 6.07) is 12.9. The molecule has 1 aliphatic heterocycles. The normalized spacial score (nSPS) is 17.0. The van der Waals surface area contributed by atoms with Gasteiger partial charge in [0.25, 0.3) is 0 Å². The van der Waals surface area contributed by atoms with Crippen LogP contribution in [0.5, 0.6) is 11.5 Å². The van der Waals surface area contributed by atoms with Gasteiger partial charge in [-0.25, -0.2) is 4.99 Å². The van der Waals surface area contributed by atoms with Gasteiger partial charge in [-0.05, 0) is 36.8 Å². The summed E-state index contributed by atoms with van der Waals surface area (Å²) in [6.07, 6.45) is 1.65. The Balaban J connectivity index is 1.76. The first-order chi connectivity index (χ1) is 14.9. The van der Waals surface area contributed by atoms with Crippen molar-refractivity contribution in [3.05, 3.63) is 60.7 Å². The SMILES string of the molecule is C=CCN1C(=O)C(CC(=O)Nc2cc(OC)ccc2OC)SC1=Nc1cccc(C)c1. The monoisotopic (exact) mass is 439 g/mol. The number of hydrogen-bond donors (Lipinski definition) is 1. The molecule has 0 aromatic heterocycles. The molecule has 3 rings (SSSR count). The molecule has 1 saturated heterocycles. The van der Waals surface area contributed by atoms with E-state index >= 15 is 0 Å². The molecule has 0 spiro atoms. The van der Waals surface area contributed by atoms with Crippen molar-refractivity contribution >= 4 is 40.1 Å². The van der Waals surface area contributed by atoms with Crippen LogP contribution in [0, 0.1) is 6.92 Å². The molecule has 31 heavy (non-hydrogen) atoms. The van der Waals surface area contributed by atoms with Gasteiger partial charge >= 0.3 is 0 Å². The number of aryl methyl sites for hydroxylation is 1. The van der Waals surface area contributed by atoms with Gasteiger partial charge in [-0.2, -0.15) is 0 Å². The molecule has 8 heteroatoms. The Hall–Kier alpha value is -3.26. The highest BCUT2D eigenvalue weighted by Crippen LogP contribution is 2.33. The van der Waals surface area contributed by atoms with Crippen molar-refractivity contribution in [1.29, 1.82) is 0 Å². The van der Waals surface area contributed by atoms with Crippen LogP contribution in [0.25, 0.3) is 0 Å². The minimum Gasteiger partial charge on any atom is -0.497 e. The van der Waals surface area contributed by atoms with Crippen LogP contribution < -0.4 is 14.8 Å². The van der Waals surface area contributed by atoms with E-state index in [1.54, 1.807) is 36.3 Å². The second-order valence-electron chi connectivity index (χ2n) is 6.90. The van der Waals surface area contributed by atoms with Gasteiger partial charge in [-0.15, -0.1) is 6.58 Å². The molecule has 1 heterocycles. The molecular weight excluding hydrogens is 414 g/mol. The summed E-state index contributed by atoms with van der Waals surface area (Å²) in [5.74, 6) is 0.638. The summed E-state index contributed by atoms with van der Waals surface area (Å²) in [6.45, 7) is 6.04. The van der Waals surface area contributed by atoms with Gasteiger partial charge < -0.3 is 14.8 Å². The number of carbonyl (C=O) groups excluding carboxylic acids is 2. The van der Waals surface area contributed by atoms with E-state index in [9.17, 15) is 9.59 Å². The number of amidine groups is 1. The molecule has 1 aliphatic rings. The van der Waals surface area contributed by atoms with Crippen LogP contribution in [0.2, 0.25) is 0 Å². The summed E-state index contributed by atoms with van der Waals surface area (Å²) in [4.78, 5) is 31.8. The fourth-order valence-corrected chi connectivity index (χ4v) is 4.28. The smallest absolute Gasteiger partial charge is 0.242 e. The molecule has 2 aromatic rings. The maximum Gasteiger partial charge on any atom is 0.242 e. The predicted molar refractivity (Wildman–Crippen MR) is 124 cm³/mol. The first kappa shape index (κ1) is 22.4. The highest BCUT2D eigenvalue weighted by Gasteiger charge is 2.38. The lowest BCUT2D eigenvalue weighted by atomic mass is 10.2. The predicted octanol–water partition coefficient (Wildman–Crippen LogP) is 4.16. The van der Waals surface area contributed by atoms with Crippen LogP contribution in [0.3, 0.4) is 0 Å². The number of ether oxygens (including phenoxy) is 2. The third kappa shape index (κ3) is 5.46. The van der Waals surface area contributed by atoms with Gasteiger partial charge in [-0.3, -0.25) is 14.5 Å². The Morgan fingerprint density at radius 2 is 2.06 bits per heavy atom. The minimum atomic E-state index is -0.569. The fraction of sp³-hybridized carbons (Fsp3) is 0.261. The highest BCUT2D eigenvalue weighted by atomic mass is 32.2. The lowest BCUT2D eigenvalue weighted by Gasteiger charge is -2.14. The Morgan fingerprint density at radius 1 is 1.26 bits per heavy atom. The molecule has 2 aromatic carbocycles. The Kier molecular flexibility index (Phi) is 7.36. The lowest BCUT2D eigenvalue weighted by Crippen LogP contribution is -2.33. The maximum atomic E-state index is 12.9. The summed E-state index contributed by atoms with van der Waals surface area (Å²) < 4.78 is 10.5. The third-order valence-corrected chi connectivity index (χ3v) is 5.78. The van der Waals surface area contributed by atoms with E-state index in [4.69, 9.17) is 9.47 Å². The molecule has 2 amide bonds. The van der Waals surface area contributed by atoms with Gasteiger partial charge in [-0.1, -0.05) is 30.0 Å². The first-order valence-electron chi connectivity index (χ1n) is 9.71. The number of rotatable bonds is 8. The Bertz CT molecular complexity index is 1020. The van der Waals surface area contributed by atoms with E-state index < -0.39 is 5.25 Å². The van der Waals surface area contributed by atoms with Crippen molar-refractivity contribution < 1.29 is 19.1 Å². The van der Waals surface area contributed by atoms with Crippen LogP contribution in [0.1, 0.15) is 12.0 Å². The lowest BCUT2D eigenvalue weighted by molar-refractivity contribution is -0.127.